The summed E-state index contributed by atoms with van der Waals surface area (Å²) in [5.74, 6) is 0. The fourth-order valence-corrected chi connectivity index (χ4v) is 2.29. The van der Waals surface area contributed by atoms with Crippen LogP contribution in [0, 0.1) is 6.92 Å². The summed E-state index contributed by atoms with van der Waals surface area (Å²) < 4.78 is 1.97. The van der Waals surface area contributed by atoms with Gasteiger partial charge in [-0.1, -0.05) is 6.42 Å². The fourth-order valence-electron chi connectivity index (χ4n) is 2.29. The van der Waals surface area contributed by atoms with Gasteiger partial charge in [0.15, 0.2) is 0 Å². The van der Waals surface area contributed by atoms with Crippen molar-refractivity contribution >= 4 is 5.69 Å². The monoisotopic (exact) mass is 222 g/mol. The van der Waals surface area contributed by atoms with Crippen LogP contribution in [-0.4, -0.2) is 34.3 Å². The smallest absolute Gasteiger partial charge is 0.0822 e. The molecule has 4 heteroatoms. The van der Waals surface area contributed by atoms with Crippen LogP contribution in [-0.2, 0) is 6.54 Å². The van der Waals surface area contributed by atoms with Gasteiger partial charge in [-0.2, -0.15) is 5.10 Å². The first-order valence-corrected chi connectivity index (χ1v) is 6.27. The van der Waals surface area contributed by atoms with E-state index < -0.39 is 0 Å². The Hall–Kier alpha value is -1.03. The molecule has 1 aromatic heterocycles. The van der Waals surface area contributed by atoms with Crippen LogP contribution in [0.1, 0.15) is 31.4 Å². The molecule has 0 aromatic carbocycles. The van der Waals surface area contributed by atoms with E-state index in [1.165, 1.54) is 45.3 Å². The first-order chi connectivity index (χ1) is 7.75. The molecular weight excluding hydrogens is 200 g/mol. The third kappa shape index (κ3) is 2.98. The minimum absolute atomic E-state index is 0.804. The summed E-state index contributed by atoms with van der Waals surface area (Å²) in [5, 5.41) is 4.37. The normalized spacial score (nSPS) is 17.8. The van der Waals surface area contributed by atoms with Crippen molar-refractivity contribution < 1.29 is 0 Å². The Labute approximate surface area is 97.4 Å². The molecule has 0 atom stereocenters. The van der Waals surface area contributed by atoms with E-state index in [9.17, 15) is 0 Å². The van der Waals surface area contributed by atoms with Gasteiger partial charge >= 0.3 is 0 Å². The molecule has 1 aromatic rings. The molecule has 1 aliphatic rings. The second kappa shape index (κ2) is 5.34. The van der Waals surface area contributed by atoms with Crippen LogP contribution < -0.4 is 5.73 Å². The zero-order chi connectivity index (χ0) is 11.4. The van der Waals surface area contributed by atoms with E-state index in [4.69, 9.17) is 5.73 Å². The van der Waals surface area contributed by atoms with Gasteiger partial charge < -0.3 is 10.6 Å². The highest BCUT2D eigenvalue weighted by Gasteiger charge is 2.09. The van der Waals surface area contributed by atoms with Crippen molar-refractivity contribution in [1.29, 1.82) is 0 Å². The number of anilines is 1. The van der Waals surface area contributed by atoms with Crippen molar-refractivity contribution in [3.8, 4) is 0 Å². The van der Waals surface area contributed by atoms with Crippen LogP contribution in [0.4, 0.5) is 5.69 Å². The highest BCUT2D eigenvalue weighted by Crippen LogP contribution is 2.10. The molecule has 2 heterocycles. The van der Waals surface area contributed by atoms with Gasteiger partial charge in [-0.15, -0.1) is 0 Å². The van der Waals surface area contributed by atoms with Gasteiger partial charge in [0.1, 0.15) is 0 Å². The van der Waals surface area contributed by atoms with Gasteiger partial charge in [0.25, 0.3) is 0 Å². The van der Waals surface area contributed by atoms with Crippen LogP contribution in [0.5, 0.6) is 0 Å². The average molecular weight is 222 g/mol. The molecule has 1 fully saturated rings. The largest absolute Gasteiger partial charge is 0.396 e. The molecule has 1 saturated heterocycles. The molecule has 0 bridgehead atoms. The minimum Gasteiger partial charge on any atom is -0.396 e. The Kier molecular flexibility index (Phi) is 3.83. The van der Waals surface area contributed by atoms with Gasteiger partial charge in [0.2, 0.25) is 0 Å². The summed E-state index contributed by atoms with van der Waals surface area (Å²) in [7, 11) is 0. The molecule has 0 spiro atoms. The van der Waals surface area contributed by atoms with E-state index in [1.807, 2.05) is 17.8 Å². The molecule has 0 aliphatic carbocycles. The molecule has 2 N–H and O–H groups in total. The lowest BCUT2D eigenvalue weighted by atomic mass is 10.1. The molecule has 0 saturated carbocycles. The van der Waals surface area contributed by atoms with Gasteiger partial charge in [0, 0.05) is 12.7 Å². The van der Waals surface area contributed by atoms with E-state index in [0.717, 1.165) is 17.9 Å². The minimum atomic E-state index is 0.804. The third-order valence-corrected chi connectivity index (χ3v) is 3.29. The van der Waals surface area contributed by atoms with E-state index in [-0.39, 0.29) is 0 Å². The average Bonchev–Trinajstić information content (AvgIpc) is 2.60. The molecule has 1 aliphatic heterocycles. The number of nitrogens with two attached hydrogens (primary N) is 1. The lowest BCUT2D eigenvalue weighted by Crippen LogP contribution is -2.31. The molecule has 0 unspecified atom stereocenters. The molecule has 0 radical (unpaired) electrons. The number of rotatable bonds is 4. The van der Waals surface area contributed by atoms with Crippen molar-refractivity contribution in [2.75, 3.05) is 25.4 Å². The second-order valence-corrected chi connectivity index (χ2v) is 4.69. The van der Waals surface area contributed by atoms with Crippen LogP contribution >= 0.6 is 0 Å². The number of likely N-dealkylation sites (tertiary alicyclic amines) is 1. The summed E-state index contributed by atoms with van der Waals surface area (Å²) in [6.07, 6.45) is 7.25. The van der Waals surface area contributed by atoms with Crippen LogP contribution in [0.3, 0.4) is 0 Å². The van der Waals surface area contributed by atoms with Crippen molar-refractivity contribution in [2.45, 2.75) is 39.2 Å². The molecule has 4 nitrogen and oxygen atoms in total. The Bertz CT molecular complexity index is 306. The first-order valence-electron chi connectivity index (χ1n) is 6.27. The number of aromatic nitrogens is 2. The predicted molar refractivity (Wildman–Crippen MR) is 66.3 cm³/mol. The Morgan fingerprint density at radius 2 is 2.00 bits per heavy atom. The van der Waals surface area contributed by atoms with Crippen molar-refractivity contribution in [2.24, 2.45) is 0 Å². The van der Waals surface area contributed by atoms with E-state index >= 15 is 0 Å². The maximum absolute atomic E-state index is 5.76. The van der Waals surface area contributed by atoms with Gasteiger partial charge in [-0.05, 0) is 45.8 Å². The molecule has 16 heavy (non-hydrogen) atoms. The van der Waals surface area contributed by atoms with Crippen LogP contribution in [0.2, 0.25) is 0 Å². The number of piperidine rings is 1. The molecule has 0 amide bonds. The first kappa shape index (κ1) is 11.5. The highest BCUT2D eigenvalue weighted by molar-refractivity contribution is 5.39. The van der Waals surface area contributed by atoms with E-state index in [2.05, 4.69) is 10.00 Å². The van der Waals surface area contributed by atoms with Crippen molar-refractivity contribution in [3.05, 3.63) is 11.9 Å². The molecular formula is C12H22N4. The number of nitrogens with zero attached hydrogens (tertiary/aromatic N) is 3. The SMILES string of the molecule is Cc1nn(CCCN2CCCCC2)cc1N. The van der Waals surface area contributed by atoms with Crippen molar-refractivity contribution in [3.63, 3.8) is 0 Å². The predicted octanol–water partition coefficient (Wildman–Crippen LogP) is 1.65. The molecule has 2 rings (SSSR count). The second-order valence-electron chi connectivity index (χ2n) is 4.69. The highest BCUT2D eigenvalue weighted by atomic mass is 15.3. The number of hydrogen-bond donors (Lipinski definition) is 1. The van der Waals surface area contributed by atoms with Gasteiger partial charge in [-0.25, -0.2) is 0 Å². The number of aryl methyl sites for hydroxylation is 2. The standard InChI is InChI=1S/C12H22N4/c1-11-12(13)10-16(14-11)9-5-8-15-6-3-2-4-7-15/h10H,2-9,13H2,1H3. The van der Waals surface area contributed by atoms with Crippen LogP contribution in [0.15, 0.2) is 6.20 Å². The maximum Gasteiger partial charge on any atom is 0.0822 e. The lowest BCUT2D eigenvalue weighted by Gasteiger charge is -2.26. The van der Waals surface area contributed by atoms with Crippen molar-refractivity contribution in [1.82, 2.24) is 14.7 Å². The van der Waals surface area contributed by atoms with E-state index in [1.54, 1.807) is 0 Å². The quantitative estimate of drug-likeness (QED) is 0.842. The summed E-state index contributed by atoms with van der Waals surface area (Å²) in [5.41, 5.74) is 7.51. The Balaban J connectivity index is 1.71. The zero-order valence-corrected chi connectivity index (χ0v) is 10.2. The summed E-state index contributed by atoms with van der Waals surface area (Å²) >= 11 is 0. The van der Waals surface area contributed by atoms with Gasteiger partial charge in [0.05, 0.1) is 11.4 Å². The Morgan fingerprint density at radius 1 is 1.25 bits per heavy atom. The fraction of sp³-hybridized carbons (Fsp3) is 0.750. The Morgan fingerprint density at radius 3 is 2.62 bits per heavy atom. The topological polar surface area (TPSA) is 47.1 Å². The lowest BCUT2D eigenvalue weighted by molar-refractivity contribution is 0.222. The maximum atomic E-state index is 5.76. The number of nitrogen functional groups attached to an aromatic ring is 1. The van der Waals surface area contributed by atoms with Gasteiger partial charge in [-0.3, -0.25) is 4.68 Å². The van der Waals surface area contributed by atoms with Crippen LogP contribution in [0.25, 0.3) is 0 Å². The zero-order valence-electron chi connectivity index (χ0n) is 10.2. The van der Waals surface area contributed by atoms with E-state index in [0.29, 0.717) is 0 Å². The summed E-state index contributed by atoms with van der Waals surface area (Å²) in [6, 6.07) is 0. The number of hydrogen-bond acceptors (Lipinski definition) is 3. The molecule has 90 valence electrons. The summed E-state index contributed by atoms with van der Waals surface area (Å²) in [6.45, 7) is 6.68. The summed E-state index contributed by atoms with van der Waals surface area (Å²) in [4.78, 5) is 2.56. The third-order valence-electron chi connectivity index (χ3n) is 3.29.